The summed E-state index contributed by atoms with van der Waals surface area (Å²) in [6.07, 6.45) is 6.63. The van der Waals surface area contributed by atoms with Crippen LogP contribution in [-0.4, -0.2) is 72.3 Å². The van der Waals surface area contributed by atoms with Crippen molar-refractivity contribution in [1.82, 2.24) is 14.8 Å². The molecule has 1 aromatic heterocycles. The highest BCUT2D eigenvalue weighted by Gasteiger charge is 2.39. The normalized spacial score (nSPS) is 28.6. The van der Waals surface area contributed by atoms with Crippen molar-refractivity contribution in [3.8, 4) is 0 Å². The third kappa shape index (κ3) is 3.86. The van der Waals surface area contributed by atoms with Crippen molar-refractivity contribution in [3.05, 3.63) is 30.1 Å². The van der Waals surface area contributed by atoms with Crippen molar-refractivity contribution in [2.75, 3.05) is 39.5 Å². The Hall–Kier alpha value is -1.50. The van der Waals surface area contributed by atoms with Crippen LogP contribution in [0.25, 0.3) is 0 Å². The smallest absolute Gasteiger partial charge is 0.225 e. The van der Waals surface area contributed by atoms with Gasteiger partial charge >= 0.3 is 0 Å². The van der Waals surface area contributed by atoms with E-state index < -0.39 is 0 Å². The van der Waals surface area contributed by atoms with E-state index in [0.29, 0.717) is 19.1 Å². The molecule has 3 aliphatic heterocycles. The second kappa shape index (κ2) is 7.81. The van der Waals surface area contributed by atoms with Crippen molar-refractivity contribution in [2.45, 2.75) is 38.0 Å². The maximum atomic E-state index is 12.9. The summed E-state index contributed by atoms with van der Waals surface area (Å²) in [5.74, 6) is 0.454. The van der Waals surface area contributed by atoms with E-state index in [1.54, 1.807) is 6.20 Å². The number of pyridine rings is 1. The highest BCUT2D eigenvalue weighted by atomic mass is 16.5. The van der Waals surface area contributed by atoms with Crippen LogP contribution in [0.3, 0.4) is 0 Å². The summed E-state index contributed by atoms with van der Waals surface area (Å²) < 4.78 is 11.4. The number of fused-ring (bicyclic) bond motifs is 1. The summed E-state index contributed by atoms with van der Waals surface area (Å²) in [6.45, 7) is 5.58. The first-order chi connectivity index (χ1) is 12.3. The highest BCUT2D eigenvalue weighted by molar-refractivity contribution is 5.79. The Labute approximate surface area is 149 Å². The van der Waals surface area contributed by atoms with Crippen molar-refractivity contribution >= 4 is 5.91 Å². The van der Waals surface area contributed by atoms with Gasteiger partial charge in [0.05, 0.1) is 18.8 Å². The number of rotatable bonds is 3. The molecule has 2 atom stereocenters. The van der Waals surface area contributed by atoms with Crippen LogP contribution in [0.5, 0.6) is 0 Å². The second-order valence-electron chi connectivity index (χ2n) is 7.27. The van der Waals surface area contributed by atoms with Gasteiger partial charge in [-0.05, 0) is 30.9 Å². The van der Waals surface area contributed by atoms with Crippen LogP contribution in [0.2, 0.25) is 0 Å². The second-order valence-corrected chi connectivity index (χ2v) is 7.27. The lowest BCUT2D eigenvalue weighted by molar-refractivity contribution is -0.149. The number of ether oxygens (including phenoxy) is 2. The van der Waals surface area contributed by atoms with Gasteiger partial charge in [0.1, 0.15) is 0 Å². The Morgan fingerprint density at radius 1 is 1.20 bits per heavy atom. The van der Waals surface area contributed by atoms with Crippen molar-refractivity contribution in [3.63, 3.8) is 0 Å². The molecule has 6 nitrogen and oxygen atoms in total. The molecule has 0 N–H and O–H groups in total. The number of hydrogen-bond acceptors (Lipinski definition) is 5. The van der Waals surface area contributed by atoms with E-state index in [9.17, 15) is 4.79 Å². The Balaban J connectivity index is 1.42. The molecule has 25 heavy (non-hydrogen) atoms. The summed E-state index contributed by atoms with van der Waals surface area (Å²) in [5.41, 5.74) is 1.22. The lowest BCUT2D eigenvalue weighted by Crippen LogP contribution is -2.61. The first kappa shape index (κ1) is 16.9. The number of likely N-dealkylation sites (tertiary alicyclic amines) is 1. The summed E-state index contributed by atoms with van der Waals surface area (Å²) in [5, 5.41) is 0. The molecule has 4 heterocycles. The zero-order valence-corrected chi connectivity index (χ0v) is 14.7. The molecule has 0 aliphatic carbocycles. The zero-order chi connectivity index (χ0) is 17.1. The SMILES string of the molecule is O=C(C1CCOCC1)N1CC[C@H]2OCCN(Cc3cccnc3)[C@@H]2C1. The molecule has 0 saturated carbocycles. The number of carbonyl (C=O) groups excluding carboxylic acids is 1. The Morgan fingerprint density at radius 2 is 2.08 bits per heavy atom. The number of amides is 1. The Bertz CT molecular complexity index is 577. The zero-order valence-electron chi connectivity index (χ0n) is 14.7. The molecule has 6 heteroatoms. The third-order valence-corrected chi connectivity index (χ3v) is 5.69. The minimum absolute atomic E-state index is 0.140. The van der Waals surface area contributed by atoms with E-state index in [1.807, 2.05) is 12.3 Å². The molecule has 0 unspecified atom stereocenters. The van der Waals surface area contributed by atoms with Crippen LogP contribution in [0.1, 0.15) is 24.8 Å². The Morgan fingerprint density at radius 3 is 2.88 bits per heavy atom. The number of morpholine rings is 1. The lowest BCUT2D eigenvalue weighted by atomic mass is 9.94. The van der Waals surface area contributed by atoms with Gasteiger partial charge in [-0.25, -0.2) is 0 Å². The minimum Gasteiger partial charge on any atom is -0.381 e. The van der Waals surface area contributed by atoms with E-state index in [2.05, 4.69) is 20.9 Å². The molecule has 0 aromatic carbocycles. The predicted molar refractivity (Wildman–Crippen MR) is 92.9 cm³/mol. The summed E-state index contributed by atoms with van der Waals surface area (Å²) in [7, 11) is 0. The largest absolute Gasteiger partial charge is 0.381 e. The monoisotopic (exact) mass is 345 g/mol. The first-order valence-corrected chi connectivity index (χ1v) is 9.42. The van der Waals surface area contributed by atoms with Crippen LogP contribution in [0, 0.1) is 5.92 Å². The molecule has 3 saturated heterocycles. The molecule has 0 radical (unpaired) electrons. The number of aromatic nitrogens is 1. The van der Waals surface area contributed by atoms with Crippen LogP contribution in [0.15, 0.2) is 24.5 Å². The maximum Gasteiger partial charge on any atom is 0.225 e. The third-order valence-electron chi connectivity index (χ3n) is 5.69. The Kier molecular flexibility index (Phi) is 5.29. The van der Waals surface area contributed by atoms with Crippen molar-refractivity contribution < 1.29 is 14.3 Å². The average molecular weight is 345 g/mol. The van der Waals surface area contributed by atoms with Crippen molar-refractivity contribution in [2.24, 2.45) is 5.92 Å². The fourth-order valence-corrected chi connectivity index (χ4v) is 4.27. The van der Waals surface area contributed by atoms with E-state index in [4.69, 9.17) is 9.47 Å². The van der Waals surface area contributed by atoms with Gasteiger partial charge in [0.25, 0.3) is 0 Å². The molecule has 1 amide bonds. The van der Waals surface area contributed by atoms with Crippen molar-refractivity contribution in [1.29, 1.82) is 0 Å². The van der Waals surface area contributed by atoms with Gasteiger partial charge in [-0.2, -0.15) is 0 Å². The van der Waals surface area contributed by atoms with Crippen LogP contribution < -0.4 is 0 Å². The van der Waals surface area contributed by atoms with E-state index in [1.165, 1.54) is 5.56 Å². The van der Waals surface area contributed by atoms with Crippen LogP contribution >= 0.6 is 0 Å². The fraction of sp³-hybridized carbons (Fsp3) is 0.684. The van der Waals surface area contributed by atoms with Gasteiger partial charge in [-0.15, -0.1) is 0 Å². The predicted octanol–water partition coefficient (Wildman–Crippen LogP) is 1.31. The van der Waals surface area contributed by atoms with E-state index in [0.717, 1.165) is 52.0 Å². The minimum atomic E-state index is 0.140. The summed E-state index contributed by atoms with van der Waals surface area (Å²) in [4.78, 5) is 21.7. The van der Waals surface area contributed by atoms with Gasteiger partial charge < -0.3 is 14.4 Å². The van der Waals surface area contributed by atoms with Gasteiger partial charge in [-0.3, -0.25) is 14.7 Å². The average Bonchev–Trinajstić information content (AvgIpc) is 2.69. The summed E-state index contributed by atoms with van der Waals surface area (Å²) >= 11 is 0. The number of piperidine rings is 1. The molecule has 0 bridgehead atoms. The summed E-state index contributed by atoms with van der Waals surface area (Å²) in [6, 6.07) is 4.38. The van der Waals surface area contributed by atoms with Crippen LogP contribution in [0.4, 0.5) is 0 Å². The molecular weight excluding hydrogens is 318 g/mol. The van der Waals surface area contributed by atoms with E-state index >= 15 is 0 Å². The van der Waals surface area contributed by atoms with Gasteiger partial charge in [0, 0.05) is 57.7 Å². The fourth-order valence-electron chi connectivity index (χ4n) is 4.27. The quantitative estimate of drug-likeness (QED) is 0.827. The van der Waals surface area contributed by atoms with Gasteiger partial charge in [-0.1, -0.05) is 6.07 Å². The highest BCUT2D eigenvalue weighted by Crippen LogP contribution is 2.27. The molecular formula is C19H27N3O3. The molecule has 3 aliphatic rings. The van der Waals surface area contributed by atoms with Gasteiger partial charge in [0.2, 0.25) is 5.91 Å². The molecule has 3 fully saturated rings. The first-order valence-electron chi connectivity index (χ1n) is 9.42. The van der Waals surface area contributed by atoms with E-state index in [-0.39, 0.29) is 18.1 Å². The lowest BCUT2D eigenvalue weighted by Gasteiger charge is -2.47. The topological polar surface area (TPSA) is 54.9 Å². The number of hydrogen-bond donors (Lipinski definition) is 0. The maximum absolute atomic E-state index is 12.9. The van der Waals surface area contributed by atoms with Gasteiger partial charge in [0.15, 0.2) is 0 Å². The number of carbonyl (C=O) groups is 1. The molecule has 4 rings (SSSR count). The number of nitrogens with zero attached hydrogens (tertiary/aromatic N) is 3. The molecule has 136 valence electrons. The van der Waals surface area contributed by atoms with Crippen LogP contribution in [-0.2, 0) is 20.8 Å². The molecule has 0 spiro atoms. The molecule has 1 aromatic rings. The standard InChI is InChI=1S/C19H27N3O3/c23-19(16-4-9-24-10-5-16)22-7-3-18-17(14-22)21(8-11-25-18)13-15-2-1-6-20-12-15/h1-2,6,12,16-18H,3-5,7-11,13-14H2/t17-,18-/m1/s1.